The fraction of sp³-hybridized carbons (Fsp3) is 0.759. The fourth-order valence-corrected chi connectivity index (χ4v) is 10.4. The Morgan fingerprint density at radius 2 is 1.79 bits per heavy atom. The average Bonchev–Trinajstić information content (AvgIpc) is 3.44. The van der Waals surface area contributed by atoms with Crippen LogP contribution in [0.25, 0.3) is 0 Å². The van der Waals surface area contributed by atoms with Crippen LogP contribution in [0.15, 0.2) is 23.0 Å². The second-order valence-corrected chi connectivity index (χ2v) is 13.2. The molecule has 38 heavy (non-hydrogen) atoms. The lowest BCUT2D eigenvalue weighted by atomic mass is 9.34. The molecular weight excluding hydrogens is 492 g/mol. The van der Waals surface area contributed by atoms with Crippen LogP contribution in [0, 0.1) is 39.4 Å². The molecule has 9 nitrogen and oxygen atoms in total. The predicted molar refractivity (Wildman–Crippen MR) is 131 cm³/mol. The van der Waals surface area contributed by atoms with Crippen molar-refractivity contribution in [2.75, 3.05) is 13.7 Å². The number of aliphatic hydroxyl groups excluding tert-OH is 2. The van der Waals surface area contributed by atoms with Gasteiger partial charge in [0, 0.05) is 61.9 Å². The van der Waals surface area contributed by atoms with Crippen LogP contribution >= 0.6 is 0 Å². The SMILES string of the molecule is CO[C@H]1OC[C@]23[C@@H](O)C[C@@H](OC(C)=O)[C@@]1(C)[C@@H]2C[C@@H](O)[C@@]1(C)[C@@H]2C(=O)C[C@@H](c4ccoc4)[C@]2(C)CC(=O)[C@@H]13. The molecule has 12 atom stereocenters. The van der Waals surface area contributed by atoms with Gasteiger partial charge in [-0.05, 0) is 29.4 Å². The van der Waals surface area contributed by atoms with Gasteiger partial charge < -0.3 is 28.8 Å². The van der Waals surface area contributed by atoms with E-state index in [-0.39, 0.29) is 49.8 Å². The fourth-order valence-electron chi connectivity index (χ4n) is 10.4. The number of fused-ring (bicyclic) bond motifs is 3. The van der Waals surface area contributed by atoms with Crippen molar-refractivity contribution in [2.45, 2.75) is 83.9 Å². The van der Waals surface area contributed by atoms with E-state index in [0.29, 0.717) is 0 Å². The molecule has 5 aliphatic rings. The topological polar surface area (TPSA) is 133 Å². The van der Waals surface area contributed by atoms with Crippen LogP contribution in [0.3, 0.4) is 0 Å². The summed E-state index contributed by atoms with van der Waals surface area (Å²) in [6.07, 6.45) is 0.496. The molecule has 5 fully saturated rings. The first kappa shape index (κ1) is 26.2. The van der Waals surface area contributed by atoms with Crippen molar-refractivity contribution in [3.05, 3.63) is 24.2 Å². The molecule has 2 heterocycles. The molecule has 6 rings (SSSR count). The van der Waals surface area contributed by atoms with Crippen LogP contribution in [0.4, 0.5) is 0 Å². The van der Waals surface area contributed by atoms with Gasteiger partial charge in [-0.3, -0.25) is 14.4 Å². The Morgan fingerprint density at radius 3 is 2.42 bits per heavy atom. The Morgan fingerprint density at radius 1 is 1.05 bits per heavy atom. The zero-order chi connectivity index (χ0) is 27.4. The number of carbonyl (C=O) groups excluding carboxylic acids is 3. The molecule has 1 aromatic rings. The van der Waals surface area contributed by atoms with E-state index < -0.39 is 70.0 Å². The third-order valence-electron chi connectivity index (χ3n) is 11.6. The largest absolute Gasteiger partial charge is 0.472 e. The van der Waals surface area contributed by atoms with Crippen molar-refractivity contribution < 1.29 is 43.2 Å². The number of hydrogen-bond donors (Lipinski definition) is 2. The van der Waals surface area contributed by atoms with Gasteiger partial charge in [0.15, 0.2) is 6.29 Å². The molecule has 4 saturated carbocycles. The van der Waals surface area contributed by atoms with Crippen LogP contribution in [-0.2, 0) is 28.6 Å². The van der Waals surface area contributed by atoms with E-state index in [1.54, 1.807) is 12.5 Å². The van der Waals surface area contributed by atoms with Gasteiger partial charge in [0.05, 0.1) is 36.8 Å². The van der Waals surface area contributed by atoms with Crippen molar-refractivity contribution in [1.29, 1.82) is 0 Å². The highest BCUT2D eigenvalue weighted by Gasteiger charge is 2.80. The third-order valence-corrected chi connectivity index (χ3v) is 11.6. The number of Topliss-reactive ketones (excluding diaryl/α,β-unsaturated/α-hetero) is 2. The van der Waals surface area contributed by atoms with Crippen LogP contribution in [0.5, 0.6) is 0 Å². The number of ketones is 2. The number of esters is 1. The van der Waals surface area contributed by atoms with Crippen LogP contribution in [0.1, 0.15) is 64.9 Å². The molecule has 2 N–H and O–H groups in total. The Hall–Kier alpha value is -2.07. The zero-order valence-electron chi connectivity index (χ0n) is 22.6. The van der Waals surface area contributed by atoms with Gasteiger partial charge >= 0.3 is 5.97 Å². The summed E-state index contributed by atoms with van der Waals surface area (Å²) in [5, 5.41) is 23.9. The summed E-state index contributed by atoms with van der Waals surface area (Å²) in [5.74, 6) is -2.53. The molecule has 0 unspecified atom stereocenters. The summed E-state index contributed by atoms with van der Waals surface area (Å²) in [4.78, 5) is 40.3. The van der Waals surface area contributed by atoms with Crippen molar-refractivity contribution in [3.8, 4) is 0 Å². The van der Waals surface area contributed by atoms with E-state index in [4.69, 9.17) is 18.6 Å². The number of furan rings is 1. The highest BCUT2D eigenvalue weighted by Crippen LogP contribution is 2.75. The normalized spacial score (nSPS) is 51.7. The summed E-state index contributed by atoms with van der Waals surface area (Å²) in [6, 6.07) is 1.85. The molecule has 2 bridgehead atoms. The Bertz CT molecular complexity index is 1160. The average molecular weight is 531 g/mol. The van der Waals surface area contributed by atoms with Gasteiger partial charge in [0.1, 0.15) is 17.7 Å². The van der Waals surface area contributed by atoms with Crippen molar-refractivity contribution in [3.63, 3.8) is 0 Å². The summed E-state index contributed by atoms with van der Waals surface area (Å²) in [7, 11) is 1.52. The number of rotatable bonds is 3. The van der Waals surface area contributed by atoms with Crippen molar-refractivity contribution in [2.24, 2.45) is 39.4 Å². The van der Waals surface area contributed by atoms with E-state index in [0.717, 1.165) is 5.56 Å². The molecule has 1 saturated heterocycles. The molecule has 1 aliphatic heterocycles. The number of aliphatic hydroxyl groups is 2. The van der Waals surface area contributed by atoms with Gasteiger partial charge in [-0.15, -0.1) is 0 Å². The minimum Gasteiger partial charge on any atom is -0.472 e. The molecule has 0 amide bonds. The smallest absolute Gasteiger partial charge is 0.302 e. The second-order valence-electron chi connectivity index (χ2n) is 13.2. The predicted octanol–water partition coefficient (Wildman–Crippen LogP) is 2.63. The molecule has 4 aliphatic carbocycles. The van der Waals surface area contributed by atoms with Crippen LogP contribution in [-0.4, -0.2) is 66.1 Å². The first-order valence-electron chi connectivity index (χ1n) is 13.6. The summed E-state index contributed by atoms with van der Waals surface area (Å²) >= 11 is 0. The van der Waals surface area contributed by atoms with Gasteiger partial charge in [-0.25, -0.2) is 0 Å². The molecule has 1 aromatic heterocycles. The minimum absolute atomic E-state index is 0.0324. The molecule has 0 spiro atoms. The summed E-state index contributed by atoms with van der Waals surface area (Å²) in [6.45, 7) is 7.15. The Labute approximate surface area is 222 Å². The molecule has 208 valence electrons. The highest BCUT2D eigenvalue weighted by atomic mass is 16.7. The minimum atomic E-state index is -1.10. The van der Waals surface area contributed by atoms with Gasteiger partial charge in [-0.2, -0.15) is 0 Å². The van der Waals surface area contributed by atoms with Gasteiger partial charge in [0.2, 0.25) is 0 Å². The monoisotopic (exact) mass is 530 g/mol. The standard InChI is InChI=1S/C29H38O9/c1-14(30)38-22-10-21(34)29-13-37-25(35-5)27(22,3)19(29)9-20(33)28(4)23-17(31)8-16(15-6-7-36-12-15)26(23,2)11-18(32)24(28)29/h6-7,12,16,19-25,33-34H,8-11,13H2,1-5H3/t16-,19-,20+,21-,22+,23+,24-,25-,26-,27+,28-,29+/m0/s1. The lowest BCUT2D eigenvalue weighted by molar-refractivity contribution is -0.373. The first-order chi connectivity index (χ1) is 17.9. The number of carbonyl (C=O) groups is 3. The quantitative estimate of drug-likeness (QED) is 0.566. The Kier molecular flexibility index (Phi) is 5.66. The summed E-state index contributed by atoms with van der Waals surface area (Å²) < 4.78 is 23.0. The summed E-state index contributed by atoms with van der Waals surface area (Å²) in [5.41, 5.74) is -2.88. The van der Waals surface area contributed by atoms with Gasteiger partial charge in [0.25, 0.3) is 0 Å². The van der Waals surface area contributed by atoms with E-state index in [1.165, 1.54) is 14.0 Å². The van der Waals surface area contributed by atoms with Gasteiger partial charge in [-0.1, -0.05) is 20.8 Å². The molecule has 0 radical (unpaired) electrons. The maximum Gasteiger partial charge on any atom is 0.302 e. The number of methoxy groups -OCH3 is 1. The third kappa shape index (κ3) is 2.94. The lowest BCUT2D eigenvalue weighted by Gasteiger charge is -2.72. The van der Waals surface area contributed by atoms with E-state index in [2.05, 4.69) is 0 Å². The van der Waals surface area contributed by atoms with E-state index >= 15 is 0 Å². The number of ether oxygens (including phenoxy) is 3. The first-order valence-corrected chi connectivity index (χ1v) is 13.6. The second kappa shape index (κ2) is 8.22. The van der Waals surface area contributed by atoms with Crippen molar-refractivity contribution >= 4 is 17.5 Å². The van der Waals surface area contributed by atoms with E-state index in [1.807, 2.05) is 26.8 Å². The number of hydrogen-bond acceptors (Lipinski definition) is 9. The van der Waals surface area contributed by atoms with Crippen LogP contribution in [0.2, 0.25) is 0 Å². The van der Waals surface area contributed by atoms with Crippen molar-refractivity contribution in [1.82, 2.24) is 0 Å². The van der Waals surface area contributed by atoms with Crippen LogP contribution < -0.4 is 0 Å². The zero-order valence-corrected chi connectivity index (χ0v) is 22.6. The molecule has 9 heteroatoms. The molecule has 0 aromatic carbocycles. The maximum absolute atomic E-state index is 14.4. The lowest BCUT2D eigenvalue weighted by Crippen LogP contribution is -2.79. The van der Waals surface area contributed by atoms with E-state index in [9.17, 15) is 24.6 Å². The Balaban J connectivity index is 1.50. The molecular formula is C29H38O9. The maximum atomic E-state index is 14.4. The highest BCUT2D eigenvalue weighted by molar-refractivity contribution is 5.94.